The van der Waals surface area contributed by atoms with Crippen LogP contribution in [0, 0.1) is 10.1 Å². The van der Waals surface area contributed by atoms with Crippen molar-refractivity contribution < 1.29 is 18.5 Å². The molecule has 0 bridgehead atoms. The summed E-state index contributed by atoms with van der Waals surface area (Å²) in [6.45, 7) is 3.54. The van der Waals surface area contributed by atoms with E-state index in [1.165, 1.54) is 12.1 Å². The lowest BCUT2D eigenvalue weighted by Gasteiger charge is -2.32. The van der Waals surface area contributed by atoms with Gasteiger partial charge in [0.05, 0.1) is 29.2 Å². The first-order chi connectivity index (χ1) is 12.3. The van der Waals surface area contributed by atoms with E-state index in [0.29, 0.717) is 17.5 Å². The summed E-state index contributed by atoms with van der Waals surface area (Å²) < 4.78 is 25.1. The summed E-state index contributed by atoms with van der Waals surface area (Å²) >= 11 is 0. The molecule has 10 nitrogen and oxygen atoms in total. The summed E-state index contributed by atoms with van der Waals surface area (Å²) in [6.07, 6.45) is 0.530. The van der Waals surface area contributed by atoms with Crippen molar-refractivity contribution in [2.24, 2.45) is 0 Å². The number of nitrogens with zero attached hydrogens (tertiary/aromatic N) is 2. The standard InChI is InChI=1S/C15H18N3O7P/c1-3-24-26(23,25-4-2)12-6-5-9-7-10(18(21)22)8-11-13(9)17(12)15(20)14(19)16-11/h7-8,12H,3-6H2,1-2H3,(H,16,19). The zero-order valence-electron chi connectivity index (χ0n) is 14.3. The molecule has 3 rings (SSSR count). The summed E-state index contributed by atoms with van der Waals surface area (Å²) in [5.74, 6) is -0.964. The molecule has 0 radical (unpaired) electrons. The van der Waals surface area contributed by atoms with Gasteiger partial charge in [-0.15, -0.1) is 0 Å². The summed E-state index contributed by atoms with van der Waals surface area (Å²) in [4.78, 5) is 37.6. The van der Waals surface area contributed by atoms with Gasteiger partial charge in [-0.2, -0.15) is 0 Å². The van der Waals surface area contributed by atoms with Crippen molar-refractivity contribution in [2.75, 3.05) is 13.2 Å². The SMILES string of the molecule is CCOP(=O)(OCC)C1CCc2cc([N+](=O)[O-])cc3[nH]c(=O)c(=O)n1c23. The molecule has 1 atom stereocenters. The van der Waals surface area contributed by atoms with Crippen molar-refractivity contribution in [1.29, 1.82) is 0 Å². The van der Waals surface area contributed by atoms with E-state index in [-0.39, 0.29) is 30.8 Å². The second-order valence-corrected chi connectivity index (χ2v) is 7.97. The zero-order chi connectivity index (χ0) is 19.1. The molecule has 0 spiro atoms. The minimum Gasteiger partial charge on any atom is -0.316 e. The van der Waals surface area contributed by atoms with Gasteiger partial charge in [-0.3, -0.25) is 28.8 Å². The van der Waals surface area contributed by atoms with Gasteiger partial charge in [0.15, 0.2) is 0 Å². The molecule has 1 unspecified atom stereocenters. The number of H-pyrrole nitrogens is 1. The Morgan fingerprint density at radius 1 is 1.31 bits per heavy atom. The minimum atomic E-state index is -3.71. The van der Waals surface area contributed by atoms with Gasteiger partial charge in [-0.25, -0.2) is 0 Å². The largest absolute Gasteiger partial charge is 0.353 e. The molecule has 0 saturated heterocycles. The number of aryl methyl sites for hydroxylation is 1. The Bertz CT molecular complexity index is 1030. The maximum Gasteiger partial charge on any atom is 0.353 e. The molecule has 0 saturated carbocycles. The van der Waals surface area contributed by atoms with Gasteiger partial charge in [0, 0.05) is 12.1 Å². The highest BCUT2D eigenvalue weighted by Gasteiger charge is 2.41. The van der Waals surface area contributed by atoms with Crippen LogP contribution in [-0.2, 0) is 20.0 Å². The maximum absolute atomic E-state index is 13.2. The molecular weight excluding hydrogens is 365 g/mol. The summed E-state index contributed by atoms with van der Waals surface area (Å²) in [7, 11) is -3.71. The topological polar surface area (TPSA) is 134 Å². The normalized spacial score (nSPS) is 16.8. The van der Waals surface area contributed by atoms with Crippen LogP contribution in [0.15, 0.2) is 21.7 Å². The number of benzene rings is 1. The van der Waals surface area contributed by atoms with Gasteiger partial charge in [0.1, 0.15) is 5.78 Å². The second-order valence-electron chi connectivity index (χ2n) is 5.78. The molecule has 0 fully saturated rings. The lowest BCUT2D eigenvalue weighted by atomic mass is 10.0. The van der Waals surface area contributed by atoms with Crippen molar-refractivity contribution >= 4 is 24.3 Å². The third-order valence-corrected chi connectivity index (χ3v) is 6.69. The van der Waals surface area contributed by atoms with Crippen LogP contribution >= 0.6 is 7.60 Å². The van der Waals surface area contributed by atoms with Crippen LogP contribution in [0.2, 0.25) is 0 Å². The van der Waals surface area contributed by atoms with E-state index in [4.69, 9.17) is 9.05 Å². The Hall–Kier alpha value is -2.29. The number of aromatic amines is 1. The van der Waals surface area contributed by atoms with Gasteiger partial charge in [0.25, 0.3) is 5.69 Å². The van der Waals surface area contributed by atoms with Crippen LogP contribution in [0.3, 0.4) is 0 Å². The summed E-state index contributed by atoms with van der Waals surface area (Å²) in [6, 6.07) is 2.55. The zero-order valence-corrected chi connectivity index (χ0v) is 15.2. The number of non-ortho nitro benzene ring substituents is 1. The molecule has 140 valence electrons. The lowest BCUT2D eigenvalue weighted by molar-refractivity contribution is -0.384. The van der Waals surface area contributed by atoms with Gasteiger partial charge in [0.2, 0.25) is 0 Å². The molecule has 1 aliphatic rings. The molecule has 0 aliphatic carbocycles. The number of nitro benzene ring substituents is 1. The highest BCUT2D eigenvalue weighted by Crippen LogP contribution is 2.61. The van der Waals surface area contributed by atoms with E-state index in [1.807, 2.05) is 0 Å². The third-order valence-electron chi connectivity index (χ3n) is 4.24. The number of hydrogen-bond donors (Lipinski definition) is 1. The van der Waals surface area contributed by atoms with Gasteiger partial charge < -0.3 is 14.0 Å². The van der Waals surface area contributed by atoms with Crippen molar-refractivity contribution in [3.05, 3.63) is 48.5 Å². The predicted molar refractivity (Wildman–Crippen MR) is 93.7 cm³/mol. The average Bonchev–Trinajstić information content (AvgIpc) is 2.59. The van der Waals surface area contributed by atoms with Crippen molar-refractivity contribution in [2.45, 2.75) is 32.5 Å². The number of nitro groups is 1. The second kappa shape index (κ2) is 6.79. The smallest absolute Gasteiger partial charge is 0.316 e. The number of nitrogens with one attached hydrogen (secondary N) is 1. The fraction of sp³-hybridized carbons (Fsp3) is 0.467. The molecule has 1 aliphatic heterocycles. The summed E-state index contributed by atoms with van der Waals surface area (Å²) in [5, 5.41) is 11.1. The van der Waals surface area contributed by atoms with Crippen LogP contribution in [0.1, 0.15) is 31.6 Å². The Morgan fingerprint density at radius 3 is 2.54 bits per heavy atom. The summed E-state index contributed by atoms with van der Waals surface area (Å²) in [5.41, 5.74) is -1.05. The molecule has 1 N–H and O–H groups in total. The predicted octanol–water partition coefficient (Wildman–Crippen LogP) is 2.31. The van der Waals surface area contributed by atoms with Gasteiger partial charge in [-0.05, 0) is 32.3 Å². The fourth-order valence-electron chi connectivity index (χ4n) is 3.31. The van der Waals surface area contributed by atoms with Gasteiger partial charge >= 0.3 is 18.7 Å². The molecule has 26 heavy (non-hydrogen) atoms. The maximum atomic E-state index is 13.2. The molecule has 0 amide bonds. The van der Waals surface area contributed by atoms with E-state index in [2.05, 4.69) is 4.98 Å². The highest BCUT2D eigenvalue weighted by atomic mass is 31.2. The number of hydrogen-bond acceptors (Lipinski definition) is 7. The molecular formula is C15H18N3O7P. The van der Waals surface area contributed by atoms with Crippen LogP contribution in [-0.4, -0.2) is 27.7 Å². The minimum absolute atomic E-state index is 0.113. The Labute approximate surface area is 147 Å². The first-order valence-electron chi connectivity index (χ1n) is 8.17. The van der Waals surface area contributed by atoms with Crippen LogP contribution in [0.4, 0.5) is 5.69 Å². The van der Waals surface area contributed by atoms with E-state index in [1.54, 1.807) is 13.8 Å². The van der Waals surface area contributed by atoms with E-state index in [9.17, 15) is 24.3 Å². The molecule has 2 aromatic rings. The Morgan fingerprint density at radius 2 is 1.96 bits per heavy atom. The number of aromatic nitrogens is 2. The van der Waals surface area contributed by atoms with Crippen LogP contribution in [0.5, 0.6) is 0 Å². The first-order valence-corrected chi connectivity index (χ1v) is 9.78. The first kappa shape index (κ1) is 18.5. The van der Waals surface area contributed by atoms with Crippen LogP contribution in [0.25, 0.3) is 11.0 Å². The van der Waals surface area contributed by atoms with Crippen molar-refractivity contribution in [3.63, 3.8) is 0 Å². The van der Waals surface area contributed by atoms with Crippen molar-refractivity contribution in [1.82, 2.24) is 9.55 Å². The molecule has 1 aromatic carbocycles. The van der Waals surface area contributed by atoms with Crippen LogP contribution < -0.4 is 11.1 Å². The Balaban J connectivity index is 2.35. The molecule has 1 aromatic heterocycles. The van der Waals surface area contributed by atoms with Gasteiger partial charge in [-0.1, -0.05) is 0 Å². The monoisotopic (exact) mass is 383 g/mol. The van der Waals surface area contributed by atoms with E-state index < -0.39 is 29.4 Å². The van der Waals surface area contributed by atoms with E-state index in [0.717, 1.165) is 4.57 Å². The fourth-order valence-corrected chi connectivity index (χ4v) is 5.39. The van der Waals surface area contributed by atoms with Crippen molar-refractivity contribution in [3.8, 4) is 0 Å². The third kappa shape index (κ3) is 2.90. The van der Waals surface area contributed by atoms with E-state index >= 15 is 0 Å². The molecule has 2 heterocycles. The molecule has 11 heteroatoms. The quantitative estimate of drug-likeness (QED) is 0.350. The Kier molecular flexibility index (Phi) is 4.83. The number of rotatable bonds is 6. The highest BCUT2D eigenvalue weighted by molar-refractivity contribution is 7.54. The lowest BCUT2D eigenvalue weighted by Crippen LogP contribution is -2.40. The average molecular weight is 383 g/mol.